The molecule has 0 aliphatic carbocycles. The maximum Gasteiger partial charge on any atom is 0.120 e. The van der Waals surface area contributed by atoms with E-state index in [2.05, 4.69) is 11.8 Å². The molecular weight excluding hydrogens is 246 g/mol. The van der Waals surface area contributed by atoms with Crippen LogP contribution in [-0.4, -0.2) is 21.3 Å². The van der Waals surface area contributed by atoms with Crippen molar-refractivity contribution in [2.45, 2.75) is 30.0 Å². The second kappa shape index (κ2) is 4.91. The van der Waals surface area contributed by atoms with E-state index in [-0.39, 0.29) is 3.92 Å². The summed E-state index contributed by atoms with van der Waals surface area (Å²) in [5.41, 5.74) is 0. The van der Waals surface area contributed by atoms with Gasteiger partial charge in [-0.3, -0.25) is 0 Å². The first kappa shape index (κ1) is 10.2. The molecule has 0 amide bonds. The highest BCUT2D eigenvalue weighted by atomic mass is 127. The second-order valence-electron chi connectivity index (χ2n) is 2.04. The number of alkyl halides is 2. The van der Waals surface area contributed by atoms with Crippen molar-refractivity contribution in [2.75, 3.05) is 0 Å². The standard InChI is InChI=1S/C7H10FIO/c1-5(10)3-4-7(9)6(2)8/h5-7,10H,1-2H3. The zero-order valence-corrected chi connectivity index (χ0v) is 8.09. The summed E-state index contributed by atoms with van der Waals surface area (Å²) in [6.45, 7) is 3.01. The molecule has 0 fully saturated rings. The van der Waals surface area contributed by atoms with Crippen molar-refractivity contribution in [2.24, 2.45) is 0 Å². The lowest BCUT2D eigenvalue weighted by molar-refractivity contribution is 0.253. The van der Waals surface area contributed by atoms with Gasteiger partial charge in [-0.2, -0.15) is 0 Å². The van der Waals surface area contributed by atoms with Gasteiger partial charge in [0, 0.05) is 0 Å². The highest BCUT2D eigenvalue weighted by Gasteiger charge is 2.07. The van der Waals surface area contributed by atoms with Crippen LogP contribution in [0.2, 0.25) is 0 Å². The monoisotopic (exact) mass is 256 g/mol. The van der Waals surface area contributed by atoms with Crippen molar-refractivity contribution in [1.82, 2.24) is 0 Å². The Bertz CT molecular complexity index is 145. The smallest absolute Gasteiger partial charge is 0.120 e. The molecule has 0 aromatic rings. The highest BCUT2D eigenvalue weighted by Crippen LogP contribution is 2.07. The fourth-order valence-electron chi connectivity index (χ4n) is 0.315. The van der Waals surface area contributed by atoms with E-state index in [1.165, 1.54) is 6.92 Å². The van der Waals surface area contributed by atoms with Crippen molar-refractivity contribution in [3.63, 3.8) is 0 Å². The number of hydrogen-bond donors (Lipinski definition) is 1. The summed E-state index contributed by atoms with van der Waals surface area (Å²) in [4.78, 5) is 0. The summed E-state index contributed by atoms with van der Waals surface area (Å²) in [6, 6.07) is 0. The molecule has 3 atom stereocenters. The molecule has 0 aliphatic rings. The molecule has 0 saturated heterocycles. The fraction of sp³-hybridized carbons (Fsp3) is 0.714. The van der Waals surface area contributed by atoms with E-state index in [0.717, 1.165) is 0 Å². The third-order valence-corrected chi connectivity index (χ3v) is 2.14. The van der Waals surface area contributed by atoms with Crippen LogP contribution in [0.1, 0.15) is 13.8 Å². The lowest BCUT2D eigenvalue weighted by Crippen LogP contribution is -2.08. The van der Waals surface area contributed by atoms with Crippen LogP contribution in [0, 0.1) is 11.8 Å². The fourth-order valence-corrected chi connectivity index (χ4v) is 0.495. The van der Waals surface area contributed by atoms with E-state index in [9.17, 15) is 4.39 Å². The Morgan fingerprint density at radius 3 is 2.20 bits per heavy atom. The second-order valence-corrected chi connectivity index (χ2v) is 3.39. The molecule has 0 spiro atoms. The molecule has 0 aromatic carbocycles. The van der Waals surface area contributed by atoms with Gasteiger partial charge in [-0.05, 0) is 13.8 Å². The van der Waals surface area contributed by atoms with Crippen LogP contribution in [0.15, 0.2) is 0 Å². The highest BCUT2D eigenvalue weighted by molar-refractivity contribution is 14.1. The Balaban J connectivity index is 3.80. The van der Waals surface area contributed by atoms with E-state index >= 15 is 0 Å². The summed E-state index contributed by atoms with van der Waals surface area (Å²) < 4.78 is 12.0. The van der Waals surface area contributed by atoms with Crippen LogP contribution in [-0.2, 0) is 0 Å². The van der Waals surface area contributed by atoms with Crippen molar-refractivity contribution >= 4 is 22.6 Å². The van der Waals surface area contributed by atoms with Crippen LogP contribution in [0.4, 0.5) is 4.39 Å². The molecule has 0 rings (SSSR count). The van der Waals surface area contributed by atoms with Crippen LogP contribution >= 0.6 is 22.6 Å². The molecule has 0 aliphatic heterocycles. The van der Waals surface area contributed by atoms with Gasteiger partial charge >= 0.3 is 0 Å². The molecular formula is C7H10FIO. The van der Waals surface area contributed by atoms with Crippen molar-refractivity contribution in [1.29, 1.82) is 0 Å². The van der Waals surface area contributed by atoms with E-state index in [1.54, 1.807) is 6.92 Å². The Hall–Kier alpha value is 0.180. The summed E-state index contributed by atoms with van der Waals surface area (Å²) in [6.07, 6.45) is -1.59. The summed E-state index contributed by atoms with van der Waals surface area (Å²) in [5.74, 6) is 5.08. The number of hydrogen-bond acceptors (Lipinski definition) is 1. The number of aliphatic hydroxyl groups excluding tert-OH is 1. The molecule has 10 heavy (non-hydrogen) atoms. The van der Waals surface area contributed by atoms with Crippen LogP contribution in [0.3, 0.4) is 0 Å². The Morgan fingerprint density at radius 2 is 1.90 bits per heavy atom. The van der Waals surface area contributed by atoms with Gasteiger partial charge in [-0.1, -0.05) is 34.4 Å². The summed E-state index contributed by atoms with van der Waals surface area (Å²) >= 11 is 1.91. The first-order valence-electron chi connectivity index (χ1n) is 3.01. The van der Waals surface area contributed by atoms with E-state index in [1.807, 2.05) is 22.6 Å². The minimum Gasteiger partial charge on any atom is -0.381 e. The van der Waals surface area contributed by atoms with Crippen LogP contribution in [0.5, 0.6) is 0 Å². The van der Waals surface area contributed by atoms with Crippen molar-refractivity contribution in [3.05, 3.63) is 0 Å². The quantitative estimate of drug-likeness (QED) is 0.428. The Kier molecular flexibility index (Phi) is 5.00. The van der Waals surface area contributed by atoms with Gasteiger partial charge in [0.25, 0.3) is 0 Å². The van der Waals surface area contributed by atoms with Crippen LogP contribution < -0.4 is 0 Å². The van der Waals surface area contributed by atoms with E-state index in [0.29, 0.717) is 0 Å². The number of aliphatic hydroxyl groups is 1. The third-order valence-electron chi connectivity index (χ3n) is 0.833. The normalized spacial score (nSPS) is 18.5. The van der Waals surface area contributed by atoms with Gasteiger partial charge in [-0.15, -0.1) is 0 Å². The maximum absolute atomic E-state index is 12.4. The number of rotatable bonds is 1. The predicted molar refractivity (Wildman–Crippen MR) is 47.8 cm³/mol. The minimum absolute atomic E-state index is 0.313. The van der Waals surface area contributed by atoms with Gasteiger partial charge in [0.15, 0.2) is 0 Å². The summed E-state index contributed by atoms with van der Waals surface area (Å²) in [7, 11) is 0. The Morgan fingerprint density at radius 1 is 1.40 bits per heavy atom. The SMILES string of the molecule is CC(O)C#CC(I)C(C)F. The zero-order valence-electron chi connectivity index (χ0n) is 5.94. The van der Waals surface area contributed by atoms with Gasteiger partial charge in [-0.25, -0.2) is 4.39 Å². The molecule has 0 aromatic heterocycles. The lowest BCUT2D eigenvalue weighted by Gasteiger charge is -2.00. The van der Waals surface area contributed by atoms with Crippen molar-refractivity contribution in [3.8, 4) is 11.8 Å². The van der Waals surface area contributed by atoms with Gasteiger partial charge < -0.3 is 5.11 Å². The largest absolute Gasteiger partial charge is 0.381 e. The first-order valence-corrected chi connectivity index (χ1v) is 4.26. The molecule has 3 unspecified atom stereocenters. The molecule has 58 valence electrons. The molecule has 0 radical (unpaired) electrons. The third kappa shape index (κ3) is 5.00. The van der Waals surface area contributed by atoms with Gasteiger partial charge in [0.1, 0.15) is 16.2 Å². The minimum atomic E-state index is -0.938. The molecule has 1 N–H and O–H groups in total. The molecule has 3 heteroatoms. The van der Waals surface area contributed by atoms with Crippen molar-refractivity contribution < 1.29 is 9.50 Å². The molecule has 0 saturated carbocycles. The number of halogens is 2. The maximum atomic E-state index is 12.4. The van der Waals surface area contributed by atoms with Gasteiger partial charge in [0.05, 0.1) is 0 Å². The summed E-state index contributed by atoms with van der Waals surface area (Å²) in [5, 5.41) is 8.68. The first-order chi connectivity index (χ1) is 4.54. The zero-order chi connectivity index (χ0) is 8.15. The van der Waals surface area contributed by atoms with E-state index in [4.69, 9.17) is 5.11 Å². The average Bonchev–Trinajstić information content (AvgIpc) is 1.82. The molecule has 0 heterocycles. The average molecular weight is 256 g/mol. The Labute approximate surface area is 74.1 Å². The molecule has 1 nitrogen and oxygen atoms in total. The van der Waals surface area contributed by atoms with E-state index < -0.39 is 12.3 Å². The lowest BCUT2D eigenvalue weighted by atomic mass is 10.3. The topological polar surface area (TPSA) is 20.2 Å². The van der Waals surface area contributed by atoms with Gasteiger partial charge in [0.2, 0.25) is 0 Å². The molecule has 0 bridgehead atoms. The predicted octanol–water partition coefficient (Wildman–Crippen LogP) is 1.53. The van der Waals surface area contributed by atoms with Crippen LogP contribution in [0.25, 0.3) is 0 Å².